The van der Waals surface area contributed by atoms with E-state index in [0.29, 0.717) is 0 Å². The van der Waals surface area contributed by atoms with Gasteiger partial charge in [-0.2, -0.15) is 0 Å². The standard InChI is InChI=1S/C14H19N3O2/c1-11(18)16-6-8-17(9-7-16)13-4-2-12(3-5-13)10-14(15)19/h2-5H,6-10H2,1H3,(H2,15,19). The Kier molecular flexibility index (Phi) is 4.04. The van der Waals surface area contributed by atoms with Gasteiger partial charge in [-0.15, -0.1) is 0 Å². The van der Waals surface area contributed by atoms with Gasteiger partial charge in [0.15, 0.2) is 0 Å². The molecule has 0 unspecified atom stereocenters. The number of carbonyl (C=O) groups is 2. The number of rotatable bonds is 3. The van der Waals surface area contributed by atoms with Crippen LogP contribution >= 0.6 is 0 Å². The number of hydrogen-bond acceptors (Lipinski definition) is 3. The van der Waals surface area contributed by atoms with Crippen molar-refractivity contribution in [2.24, 2.45) is 5.73 Å². The van der Waals surface area contributed by atoms with Gasteiger partial charge in [0.1, 0.15) is 0 Å². The molecule has 2 N–H and O–H groups in total. The second-order valence-corrected chi connectivity index (χ2v) is 4.80. The Morgan fingerprint density at radius 1 is 1.11 bits per heavy atom. The molecule has 1 heterocycles. The van der Waals surface area contributed by atoms with Crippen LogP contribution in [0.4, 0.5) is 5.69 Å². The van der Waals surface area contributed by atoms with E-state index in [4.69, 9.17) is 5.73 Å². The molecule has 102 valence electrons. The Morgan fingerprint density at radius 3 is 2.16 bits per heavy atom. The highest BCUT2D eigenvalue weighted by Gasteiger charge is 2.18. The normalized spacial score (nSPS) is 15.4. The number of anilines is 1. The van der Waals surface area contributed by atoms with Crippen LogP contribution in [0.2, 0.25) is 0 Å². The van der Waals surface area contributed by atoms with Gasteiger partial charge < -0.3 is 15.5 Å². The Bertz CT molecular complexity index is 462. The van der Waals surface area contributed by atoms with Crippen molar-refractivity contribution in [3.8, 4) is 0 Å². The van der Waals surface area contributed by atoms with Crippen molar-refractivity contribution in [2.75, 3.05) is 31.1 Å². The summed E-state index contributed by atoms with van der Waals surface area (Å²) in [5, 5.41) is 0. The SMILES string of the molecule is CC(=O)N1CCN(c2ccc(CC(N)=O)cc2)CC1. The van der Waals surface area contributed by atoms with Crippen molar-refractivity contribution in [1.29, 1.82) is 0 Å². The van der Waals surface area contributed by atoms with E-state index < -0.39 is 0 Å². The van der Waals surface area contributed by atoms with Gasteiger partial charge in [0, 0.05) is 38.8 Å². The molecule has 1 aliphatic rings. The molecule has 0 radical (unpaired) electrons. The molecule has 0 bridgehead atoms. The highest BCUT2D eigenvalue weighted by atomic mass is 16.2. The Hall–Kier alpha value is -2.04. The summed E-state index contributed by atoms with van der Waals surface area (Å²) in [6.45, 7) is 4.81. The molecule has 1 saturated heterocycles. The number of amides is 2. The first kappa shape index (κ1) is 13.4. The lowest BCUT2D eigenvalue weighted by atomic mass is 10.1. The highest BCUT2D eigenvalue weighted by molar-refractivity contribution is 5.76. The van der Waals surface area contributed by atoms with Crippen LogP contribution in [0.5, 0.6) is 0 Å². The van der Waals surface area contributed by atoms with E-state index in [1.54, 1.807) is 6.92 Å². The lowest BCUT2D eigenvalue weighted by molar-refractivity contribution is -0.129. The number of benzene rings is 1. The molecule has 0 atom stereocenters. The molecular weight excluding hydrogens is 242 g/mol. The number of hydrogen-bond donors (Lipinski definition) is 1. The molecule has 1 aromatic rings. The third-order valence-electron chi connectivity index (χ3n) is 3.40. The monoisotopic (exact) mass is 261 g/mol. The van der Waals surface area contributed by atoms with Crippen molar-refractivity contribution < 1.29 is 9.59 Å². The molecular formula is C14H19N3O2. The molecule has 5 nitrogen and oxygen atoms in total. The zero-order valence-electron chi connectivity index (χ0n) is 11.1. The van der Waals surface area contributed by atoms with Gasteiger partial charge in [0.2, 0.25) is 11.8 Å². The molecule has 0 aromatic heterocycles. The lowest BCUT2D eigenvalue weighted by Gasteiger charge is -2.35. The van der Waals surface area contributed by atoms with Crippen molar-refractivity contribution in [3.63, 3.8) is 0 Å². The summed E-state index contributed by atoms with van der Waals surface area (Å²) in [7, 11) is 0. The van der Waals surface area contributed by atoms with Gasteiger partial charge in [-0.05, 0) is 17.7 Å². The highest BCUT2D eigenvalue weighted by Crippen LogP contribution is 2.17. The van der Waals surface area contributed by atoms with Crippen LogP contribution in [0.25, 0.3) is 0 Å². The molecule has 1 aliphatic heterocycles. The van der Waals surface area contributed by atoms with E-state index in [1.165, 1.54) is 0 Å². The second-order valence-electron chi connectivity index (χ2n) is 4.80. The molecule has 0 aliphatic carbocycles. The number of nitrogens with zero attached hydrogens (tertiary/aromatic N) is 2. The zero-order valence-corrected chi connectivity index (χ0v) is 11.1. The fourth-order valence-corrected chi connectivity index (χ4v) is 2.31. The fraction of sp³-hybridized carbons (Fsp3) is 0.429. The van der Waals surface area contributed by atoms with Crippen LogP contribution < -0.4 is 10.6 Å². The van der Waals surface area contributed by atoms with Gasteiger partial charge >= 0.3 is 0 Å². The fourth-order valence-electron chi connectivity index (χ4n) is 2.31. The molecule has 0 saturated carbocycles. The number of nitrogens with two attached hydrogens (primary N) is 1. The Labute approximate surface area is 113 Å². The maximum absolute atomic E-state index is 11.3. The maximum Gasteiger partial charge on any atom is 0.221 e. The molecule has 2 amide bonds. The van der Waals surface area contributed by atoms with Crippen LogP contribution in [-0.2, 0) is 16.0 Å². The number of carbonyl (C=O) groups excluding carboxylic acids is 2. The molecule has 0 spiro atoms. The third-order valence-corrected chi connectivity index (χ3v) is 3.40. The molecule has 1 fully saturated rings. The second kappa shape index (κ2) is 5.73. The predicted octanol–water partition coefficient (Wildman–Crippen LogP) is 0.383. The number of piperazine rings is 1. The predicted molar refractivity (Wildman–Crippen MR) is 73.8 cm³/mol. The van der Waals surface area contributed by atoms with E-state index in [0.717, 1.165) is 37.4 Å². The molecule has 5 heteroatoms. The van der Waals surface area contributed by atoms with Gasteiger partial charge in [-0.25, -0.2) is 0 Å². The first-order valence-corrected chi connectivity index (χ1v) is 6.44. The van der Waals surface area contributed by atoms with Crippen molar-refractivity contribution in [1.82, 2.24) is 4.90 Å². The van der Waals surface area contributed by atoms with E-state index in [2.05, 4.69) is 4.90 Å². The summed E-state index contributed by atoms with van der Waals surface area (Å²) in [5.74, 6) is -0.181. The zero-order chi connectivity index (χ0) is 13.8. The summed E-state index contributed by atoms with van der Waals surface area (Å²) >= 11 is 0. The average Bonchev–Trinajstić information content (AvgIpc) is 2.39. The van der Waals surface area contributed by atoms with E-state index >= 15 is 0 Å². The van der Waals surface area contributed by atoms with E-state index in [1.807, 2.05) is 29.2 Å². The third kappa shape index (κ3) is 3.47. The topological polar surface area (TPSA) is 66.6 Å². The van der Waals surface area contributed by atoms with Gasteiger partial charge in [0.05, 0.1) is 6.42 Å². The first-order chi connectivity index (χ1) is 9.06. The summed E-state index contributed by atoms with van der Waals surface area (Å²) in [4.78, 5) is 26.2. The molecule has 1 aromatic carbocycles. The summed E-state index contributed by atoms with van der Waals surface area (Å²) in [6, 6.07) is 7.86. The largest absolute Gasteiger partial charge is 0.369 e. The van der Waals surface area contributed by atoms with Crippen molar-refractivity contribution in [2.45, 2.75) is 13.3 Å². The average molecular weight is 261 g/mol. The van der Waals surface area contributed by atoms with Gasteiger partial charge in [-0.1, -0.05) is 12.1 Å². The van der Waals surface area contributed by atoms with E-state index in [-0.39, 0.29) is 18.2 Å². The maximum atomic E-state index is 11.3. The minimum absolute atomic E-state index is 0.136. The minimum Gasteiger partial charge on any atom is -0.369 e. The summed E-state index contributed by atoms with van der Waals surface area (Å²) in [6.07, 6.45) is 0.276. The van der Waals surface area contributed by atoms with Gasteiger partial charge in [-0.3, -0.25) is 9.59 Å². The number of primary amides is 1. The van der Waals surface area contributed by atoms with Crippen LogP contribution in [0.1, 0.15) is 12.5 Å². The molecule has 2 rings (SSSR count). The first-order valence-electron chi connectivity index (χ1n) is 6.44. The molecule has 19 heavy (non-hydrogen) atoms. The van der Waals surface area contributed by atoms with Gasteiger partial charge in [0.25, 0.3) is 0 Å². The Balaban J connectivity index is 1.96. The lowest BCUT2D eigenvalue weighted by Crippen LogP contribution is -2.48. The van der Waals surface area contributed by atoms with Crippen LogP contribution in [-0.4, -0.2) is 42.9 Å². The summed E-state index contributed by atoms with van der Waals surface area (Å²) in [5.41, 5.74) is 7.21. The van der Waals surface area contributed by atoms with Crippen molar-refractivity contribution >= 4 is 17.5 Å². The smallest absolute Gasteiger partial charge is 0.221 e. The van der Waals surface area contributed by atoms with Crippen LogP contribution in [0.15, 0.2) is 24.3 Å². The minimum atomic E-state index is -0.317. The Morgan fingerprint density at radius 2 is 1.68 bits per heavy atom. The van der Waals surface area contributed by atoms with Crippen LogP contribution in [0, 0.1) is 0 Å². The quantitative estimate of drug-likeness (QED) is 0.855. The van der Waals surface area contributed by atoms with E-state index in [9.17, 15) is 9.59 Å². The summed E-state index contributed by atoms with van der Waals surface area (Å²) < 4.78 is 0. The van der Waals surface area contributed by atoms with Crippen LogP contribution in [0.3, 0.4) is 0 Å². The van der Waals surface area contributed by atoms with Crippen molar-refractivity contribution in [3.05, 3.63) is 29.8 Å².